The maximum Gasteiger partial charge on any atom is 0.324 e. The first-order valence-corrected chi connectivity index (χ1v) is 9.61. The number of aryl methyl sites for hydroxylation is 2. The van der Waals surface area contributed by atoms with Crippen LogP contribution in [-0.4, -0.2) is 52.7 Å². The Morgan fingerprint density at radius 3 is 2.74 bits per heavy atom. The number of nitrogens with one attached hydrogen (secondary N) is 2. The van der Waals surface area contributed by atoms with E-state index in [-0.39, 0.29) is 16.9 Å². The zero-order valence-corrected chi connectivity index (χ0v) is 17.9. The van der Waals surface area contributed by atoms with E-state index in [2.05, 4.69) is 41.0 Å². The van der Waals surface area contributed by atoms with Crippen molar-refractivity contribution in [2.24, 2.45) is 0 Å². The first kappa shape index (κ1) is 20.6. The summed E-state index contributed by atoms with van der Waals surface area (Å²) in [5.41, 5.74) is 2.55. The summed E-state index contributed by atoms with van der Waals surface area (Å²) >= 11 is 6.27. The van der Waals surface area contributed by atoms with E-state index in [0.717, 1.165) is 5.69 Å². The third-order valence-electron chi connectivity index (χ3n) is 4.45. The van der Waals surface area contributed by atoms with Gasteiger partial charge in [-0.1, -0.05) is 11.6 Å². The second-order valence-corrected chi connectivity index (χ2v) is 7.12. The molecule has 0 saturated heterocycles. The summed E-state index contributed by atoms with van der Waals surface area (Å²) in [6.45, 7) is 5.47. The quantitative estimate of drug-likeness (QED) is 0.481. The molecule has 4 aromatic rings. The fourth-order valence-electron chi connectivity index (χ4n) is 2.98. The number of amides is 2. The van der Waals surface area contributed by atoms with E-state index in [1.54, 1.807) is 24.7 Å². The van der Waals surface area contributed by atoms with Gasteiger partial charge in [-0.15, -0.1) is 10.2 Å². The summed E-state index contributed by atoms with van der Waals surface area (Å²) in [5, 5.41) is 22.0. The molecule has 4 heterocycles. The molecular weight excluding hydrogens is 424 g/mol. The van der Waals surface area contributed by atoms with Crippen LogP contribution < -0.4 is 10.6 Å². The number of methoxy groups -OCH3 is 1. The molecule has 0 spiro atoms. The van der Waals surface area contributed by atoms with Crippen LogP contribution in [0.2, 0.25) is 5.02 Å². The maximum absolute atomic E-state index is 12.6. The number of hydrogen-bond acceptors (Lipinski definition) is 8. The van der Waals surface area contributed by atoms with Crippen LogP contribution in [0.25, 0.3) is 11.5 Å². The molecule has 4 rings (SSSR count). The van der Waals surface area contributed by atoms with Crippen LogP contribution >= 0.6 is 11.6 Å². The Morgan fingerprint density at radius 1 is 1.26 bits per heavy atom. The van der Waals surface area contributed by atoms with E-state index in [1.165, 1.54) is 23.3 Å². The van der Waals surface area contributed by atoms with Crippen molar-refractivity contribution in [2.45, 2.75) is 26.9 Å². The number of ether oxygens (including phenoxy) is 1. The molecule has 13 heteroatoms. The van der Waals surface area contributed by atoms with Gasteiger partial charge in [-0.25, -0.2) is 19.3 Å². The van der Waals surface area contributed by atoms with Gasteiger partial charge in [0.25, 0.3) is 0 Å². The SMILES string of the molecule is CO[C@@H](C)c1c(NC(=O)Nc2cc(Cl)c(-n3cnc(C)n3)nn2)cnn2cc(C)nc12. The largest absolute Gasteiger partial charge is 0.377 e. The smallest absolute Gasteiger partial charge is 0.324 e. The van der Waals surface area contributed by atoms with Crippen molar-refractivity contribution in [3.05, 3.63) is 46.9 Å². The number of carbonyl (C=O) groups excluding carboxylic acids is 1. The summed E-state index contributed by atoms with van der Waals surface area (Å²) < 4.78 is 8.50. The number of hydrogen-bond donors (Lipinski definition) is 2. The Bertz CT molecular complexity index is 1270. The average molecular weight is 443 g/mol. The molecule has 0 bridgehead atoms. The molecule has 0 fully saturated rings. The monoisotopic (exact) mass is 442 g/mol. The van der Waals surface area contributed by atoms with Crippen molar-refractivity contribution in [3.63, 3.8) is 0 Å². The van der Waals surface area contributed by atoms with E-state index in [1.807, 2.05) is 13.8 Å². The summed E-state index contributed by atoms with van der Waals surface area (Å²) in [7, 11) is 1.58. The Labute approximate surface area is 181 Å². The van der Waals surface area contributed by atoms with Crippen LogP contribution in [0.1, 0.15) is 30.1 Å². The highest BCUT2D eigenvalue weighted by molar-refractivity contribution is 6.32. The molecule has 2 N–H and O–H groups in total. The van der Waals surface area contributed by atoms with Crippen molar-refractivity contribution in [2.75, 3.05) is 17.7 Å². The Morgan fingerprint density at radius 2 is 2.06 bits per heavy atom. The molecule has 0 saturated carbocycles. The van der Waals surface area contributed by atoms with Crippen LogP contribution in [0.4, 0.5) is 16.3 Å². The first-order chi connectivity index (χ1) is 14.9. The lowest BCUT2D eigenvalue weighted by atomic mass is 10.1. The number of rotatable bonds is 5. The van der Waals surface area contributed by atoms with Crippen molar-refractivity contribution in [1.82, 2.24) is 39.6 Å². The van der Waals surface area contributed by atoms with Crippen molar-refractivity contribution in [3.8, 4) is 5.82 Å². The number of nitrogens with zero attached hydrogens (tertiary/aromatic N) is 8. The molecule has 12 nitrogen and oxygen atoms in total. The number of carbonyl (C=O) groups is 1. The molecule has 31 heavy (non-hydrogen) atoms. The number of urea groups is 1. The van der Waals surface area contributed by atoms with Gasteiger partial charge in [-0.05, 0) is 20.8 Å². The second-order valence-electron chi connectivity index (χ2n) is 6.72. The third kappa shape index (κ3) is 4.15. The highest BCUT2D eigenvalue weighted by Crippen LogP contribution is 2.28. The van der Waals surface area contributed by atoms with E-state index in [4.69, 9.17) is 16.3 Å². The minimum atomic E-state index is -0.548. The van der Waals surface area contributed by atoms with Gasteiger partial charge in [-0.2, -0.15) is 14.9 Å². The fourth-order valence-corrected chi connectivity index (χ4v) is 3.21. The predicted molar refractivity (Wildman–Crippen MR) is 112 cm³/mol. The molecule has 0 aliphatic rings. The van der Waals surface area contributed by atoms with Crippen LogP contribution in [0, 0.1) is 13.8 Å². The fraction of sp³-hybridized carbons (Fsp3) is 0.278. The van der Waals surface area contributed by atoms with Gasteiger partial charge >= 0.3 is 6.03 Å². The zero-order chi connectivity index (χ0) is 22.1. The van der Waals surface area contributed by atoms with Crippen LogP contribution in [-0.2, 0) is 4.74 Å². The molecule has 0 aliphatic carbocycles. The normalized spacial score (nSPS) is 12.2. The maximum atomic E-state index is 12.6. The average Bonchev–Trinajstić information content (AvgIpc) is 3.32. The Kier molecular flexibility index (Phi) is 5.48. The molecule has 4 aromatic heterocycles. The Balaban J connectivity index is 1.56. The third-order valence-corrected chi connectivity index (χ3v) is 4.73. The highest BCUT2D eigenvalue weighted by atomic mass is 35.5. The Hall–Kier alpha value is -3.64. The van der Waals surface area contributed by atoms with Crippen LogP contribution in [0.15, 0.2) is 24.8 Å². The summed E-state index contributed by atoms with van der Waals surface area (Å²) in [6, 6.07) is 0.923. The second kappa shape index (κ2) is 8.24. The van der Waals surface area contributed by atoms with Gasteiger partial charge in [-0.3, -0.25) is 5.32 Å². The summed E-state index contributed by atoms with van der Waals surface area (Å²) in [4.78, 5) is 21.1. The van der Waals surface area contributed by atoms with E-state index in [9.17, 15) is 4.79 Å². The molecule has 0 aliphatic heterocycles. The zero-order valence-electron chi connectivity index (χ0n) is 17.2. The molecule has 1 atom stereocenters. The van der Waals surface area contributed by atoms with Gasteiger partial charge in [0.05, 0.1) is 40.5 Å². The summed E-state index contributed by atoms with van der Waals surface area (Å²) in [6.07, 6.45) is 4.47. The predicted octanol–water partition coefficient (Wildman–Crippen LogP) is 2.72. The molecule has 0 radical (unpaired) electrons. The van der Waals surface area contributed by atoms with Crippen LogP contribution in [0.5, 0.6) is 0 Å². The first-order valence-electron chi connectivity index (χ1n) is 9.23. The van der Waals surface area contributed by atoms with Crippen molar-refractivity contribution < 1.29 is 9.53 Å². The number of imidazole rings is 1. The molecule has 160 valence electrons. The lowest BCUT2D eigenvalue weighted by Gasteiger charge is -2.16. The van der Waals surface area contributed by atoms with Gasteiger partial charge in [0, 0.05) is 13.2 Å². The highest BCUT2D eigenvalue weighted by Gasteiger charge is 2.19. The van der Waals surface area contributed by atoms with E-state index >= 15 is 0 Å². The van der Waals surface area contributed by atoms with Gasteiger partial charge < -0.3 is 10.1 Å². The molecule has 2 amide bonds. The van der Waals surface area contributed by atoms with Gasteiger partial charge in [0.1, 0.15) is 12.2 Å². The van der Waals surface area contributed by atoms with Crippen LogP contribution in [0.3, 0.4) is 0 Å². The molecule has 0 aromatic carbocycles. The molecule has 0 unspecified atom stereocenters. The summed E-state index contributed by atoms with van der Waals surface area (Å²) in [5.74, 6) is 1.03. The lowest BCUT2D eigenvalue weighted by Crippen LogP contribution is -2.22. The number of fused-ring (bicyclic) bond motifs is 1. The standard InChI is InChI=1S/C18H19ClN10O2/c1-9-7-28-17(22-9)15(10(2)31-4)13(6-21-28)23-18(30)24-14-5-12(19)16(26-25-14)29-8-20-11(3)27-29/h5-8,10H,1-4H3,(H2,23,24,25,30)/t10-/m0/s1. The molecular formula is C18H19ClN10O2. The van der Waals surface area contributed by atoms with Gasteiger partial charge in [0.15, 0.2) is 17.3 Å². The van der Waals surface area contributed by atoms with Gasteiger partial charge in [0.2, 0.25) is 0 Å². The lowest BCUT2D eigenvalue weighted by molar-refractivity contribution is 0.120. The van der Waals surface area contributed by atoms with Crippen molar-refractivity contribution in [1.29, 1.82) is 0 Å². The topological polar surface area (TPSA) is 137 Å². The van der Waals surface area contributed by atoms with Crippen molar-refractivity contribution >= 4 is 34.8 Å². The van der Waals surface area contributed by atoms with E-state index < -0.39 is 6.03 Å². The van der Waals surface area contributed by atoms with E-state index in [0.29, 0.717) is 28.5 Å². The number of aromatic nitrogens is 8. The number of halogens is 1. The minimum Gasteiger partial charge on any atom is -0.377 e. The number of anilines is 2. The minimum absolute atomic E-state index is 0.162.